The van der Waals surface area contributed by atoms with E-state index in [2.05, 4.69) is 11.2 Å². The number of aliphatic hydroxyl groups excluding tert-OH is 1. The molecule has 0 atom stereocenters. The lowest BCUT2D eigenvalue weighted by molar-refractivity contribution is -0.0541. The molecule has 23 heavy (non-hydrogen) atoms. The van der Waals surface area contributed by atoms with Crippen LogP contribution in [0.15, 0.2) is 30.3 Å². The maximum absolute atomic E-state index is 9.37. The molecule has 0 aliphatic heterocycles. The Morgan fingerprint density at radius 1 is 1.22 bits per heavy atom. The van der Waals surface area contributed by atoms with Crippen LogP contribution in [0.5, 0.6) is 5.75 Å². The molecular formula is C18H24N2O3. The van der Waals surface area contributed by atoms with Gasteiger partial charge in [0, 0.05) is 17.2 Å². The van der Waals surface area contributed by atoms with Crippen LogP contribution in [0, 0.1) is 0 Å². The summed E-state index contributed by atoms with van der Waals surface area (Å²) in [6.45, 7) is 0.107. The minimum absolute atomic E-state index is 0.107. The van der Waals surface area contributed by atoms with Crippen molar-refractivity contribution >= 4 is 0 Å². The van der Waals surface area contributed by atoms with E-state index >= 15 is 0 Å². The molecule has 1 fully saturated rings. The Morgan fingerprint density at radius 2 is 2.00 bits per heavy atom. The summed E-state index contributed by atoms with van der Waals surface area (Å²) in [6, 6.07) is 9.88. The SMILES string of the molecule is COc1cccc(-c2cc(C3CCCCC3)n(CC(O)O)n2)c1. The van der Waals surface area contributed by atoms with Crippen molar-refractivity contribution in [3.05, 3.63) is 36.0 Å². The topological polar surface area (TPSA) is 67.5 Å². The predicted molar refractivity (Wildman–Crippen MR) is 88.3 cm³/mol. The van der Waals surface area contributed by atoms with Crippen LogP contribution in [0.2, 0.25) is 0 Å². The van der Waals surface area contributed by atoms with Crippen LogP contribution in [0.4, 0.5) is 0 Å². The summed E-state index contributed by atoms with van der Waals surface area (Å²) in [5.74, 6) is 1.24. The van der Waals surface area contributed by atoms with Gasteiger partial charge in [0.25, 0.3) is 0 Å². The van der Waals surface area contributed by atoms with Crippen LogP contribution in [-0.2, 0) is 6.54 Å². The monoisotopic (exact) mass is 316 g/mol. The Labute approximate surface area is 136 Å². The molecule has 3 rings (SSSR count). The predicted octanol–water partition coefficient (Wildman–Crippen LogP) is 2.92. The molecule has 0 amide bonds. The highest BCUT2D eigenvalue weighted by atomic mass is 16.5. The first-order valence-electron chi connectivity index (χ1n) is 8.25. The molecule has 2 aromatic rings. The van der Waals surface area contributed by atoms with Crippen molar-refractivity contribution in [3.8, 4) is 17.0 Å². The van der Waals surface area contributed by atoms with Crippen LogP contribution < -0.4 is 4.74 Å². The Hall–Kier alpha value is -1.85. The van der Waals surface area contributed by atoms with E-state index in [4.69, 9.17) is 4.74 Å². The standard InChI is InChI=1S/C18H24N2O3/c1-23-15-9-5-8-14(10-15)16-11-17(13-6-3-2-4-7-13)20(19-16)12-18(21)22/h5,8-11,13,18,21-22H,2-4,6-7,12H2,1H3. The molecule has 0 saturated heterocycles. The van der Waals surface area contributed by atoms with Gasteiger partial charge < -0.3 is 14.9 Å². The van der Waals surface area contributed by atoms with Gasteiger partial charge in [0.05, 0.1) is 19.3 Å². The molecule has 0 spiro atoms. The Bertz CT molecular complexity index is 645. The zero-order chi connectivity index (χ0) is 16.2. The molecule has 1 aliphatic carbocycles. The second kappa shape index (κ2) is 7.15. The fourth-order valence-corrected chi connectivity index (χ4v) is 3.38. The molecule has 5 nitrogen and oxygen atoms in total. The average molecular weight is 316 g/mol. The fourth-order valence-electron chi connectivity index (χ4n) is 3.38. The Morgan fingerprint density at radius 3 is 2.70 bits per heavy atom. The normalized spacial score (nSPS) is 16.0. The molecule has 1 saturated carbocycles. The van der Waals surface area contributed by atoms with Crippen molar-refractivity contribution < 1.29 is 14.9 Å². The van der Waals surface area contributed by atoms with Gasteiger partial charge >= 0.3 is 0 Å². The van der Waals surface area contributed by atoms with Gasteiger partial charge in [-0.2, -0.15) is 5.10 Å². The number of ether oxygens (including phenoxy) is 1. The Balaban J connectivity index is 1.95. The highest BCUT2D eigenvalue weighted by Gasteiger charge is 2.22. The van der Waals surface area contributed by atoms with E-state index in [1.165, 1.54) is 19.3 Å². The fraction of sp³-hybridized carbons (Fsp3) is 0.500. The third kappa shape index (κ3) is 3.74. The molecule has 124 valence electrons. The second-order valence-electron chi connectivity index (χ2n) is 6.18. The van der Waals surface area contributed by atoms with Gasteiger partial charge in [0.15, 0.2) is 6.29 Å². The summed E-state index contributed by atoms with van der Waals surface area (Å²) in [5, 5.41) is 23.3. The highest BCUT2D eigenvalue weighted by molar-refractivity contribution is 5.61. The van der Waals surface area contributed by atoms with Gasteiger partial charge in [-0.25, -0.2) is 0 Å². The molecule has 2 N–H and O–H groups in total. The molecule has 0 radical (unpaired) electrons. The van der Waals surface area contributed by atoms with Crippen LogP contribution >= 0.6 is 0 Å². The molecular weight excluding hydrogens is 292 g/mol. The van der Waals surface area contributed by atoms with E-state index in [0.29, 0.717) is 5.92 Å². The molecule has 1 aromatic carbocycles. The minimum Gasteiger partial charge on any atom is -0.497 e. The Kier molecular flexibility index (Phi) is 4.98. The lowest BCUT2D eigenvalue weighted by atomic mass is 9.86. The number of aliphatic hydroxyl groups is 2. The maximum Gasteiger partial charge on any atom is 0.171 e. The number of methoxy groups -OCH3 is 1. The van der Waals surface area contributed by atoms with Crippen molar-refractivity contribution in [1.82, 2.24) is 9.78 Å². The number of hydrogen-bond acceptors (Lipinski definition) is 4. The molecule has 1 aromatic heterocycles. The minimum atomic E-state index is -1.39. The summed E-state index contributed by atoms with van der Waals surface area (Å²) < 4.78 is 7.04. The van der Waals surface area contributed by atoms with E-state index in [9.17, 15) is 10.2 Å². The maximum atomic E-state index is 9.37. The van der Waals surface area contributed by atoms with Gasteiger partial charge in [0.2, 0.25) is 0 Å². The zero-order valence-electron chi connectivity index (χ0n) is 13.5. The summed E-state index contributed by atoms with van der Waals surface area (Å²) in [6.07, 6.45) is 4.64. The summed E-state index contributed by atoms with van der Waals surface area (Å²) in [7, 11) is 1.65. The van der Waals surface area contributed by atoms with Crippen molar-refractivity contribution in [2.45, 2.75) is 50.9 Å². The van der Waals surface area contributed by atoms with Crippen LogP contribution in [0.3, 0.4) is 0 Å². The van der Waals surface area contributed by atoms with Gasteiger partial charge in [-0.3, -0.25) is 4.68 Å². The number of aromatic nitrogens is 2. The van der Waals surface area contributed by atoms with Crippen molar-refractivity contribution in [2.24, 2.45) is 0 Å². The first kappa shape index (κ1) is 16.0. The van der Waals surface area contributed by atoms with E-state index in [1.54, 1.807) is 11.8 Å². The van der Waals surface area contributed by atoms with Gasteiger partial charge in [-0.05, 0) is 31.0 Å². The van der Waals surface area contributed by atoms with Crippen LogP contribution in [0.25, 0.3) is 11.3 Å². The summed E-state index contributed by atoms with van der Waals surface area (Å²) >= 11 is 0. The third-order valence-corrected chi connectivity index (χ3v) is 4.54. The van der Waals surface area contributed by atoms with Gasteiger partial charge in [-0.1, -0.05) is 31.4 Å². The van der Waals surface area contributed by atoms with Gasteiger partial charge in [-0.15, -0.1) is 0 Å². The van der Waals surface area contributed by atoms with Crippen LogP contribution in [-0.4, -0.2) is 33.4 Å². The van der Waals surface area contributed by atoms with Crippen LogP contribution in [0.1, 0.15) is 43.7 Å². The summed E-state index contributed by atoms with van der Waals surface area (Å²) in [5.41, 5.74) is 2.94. The molecule has 0 bridgehead atoms. The number of rotatable bonds is 5. The number of hydrogen-bond donors (Lipinski definition) is 2. The molecule has 1 aliphatic rings. The first-order chi connectivity index (χ1) is 11.2. The average Bonchev–Trinajstić information content (AvgIpc) is 2.99. The molecule has 0 unspecified atom stereocenters. The highest BCUT2D eigenvalue weighted by Crippen LogP contribution is 2.35. The van der Waals surface area contributed by atoms with E-state index in [0.717, 1.165) is 35.5 Å². The van der Waals surface area contributed by atoms with Crippen molar-refractivity contribution in [2.75, 3.05) is 7.11 Å². The smallest absolute Gasteiger partial charge is 0.171 e. The van der Waals surface area contributed by atoms with E-state index < -0.39 is 6.29 Å². The first-order valence-corrected chi connectivity index (χ1v) is 8.25. The lowest BCUT2D eigenvalue weighted by Crippen LogP contribution is -2.20. The quantitative estimate of drug-likeness (QED) is 0.832. The summed E-state index contributed by atoms with van der Waals surface area (Å²) in [4.78, 5) is 0. The number of nitrogens with zero attached hydrogens (tertiary/aromatic N) is 2. The zero-order valence-corrected chi connectivity index (χ0v) is 13.5. The van der Waals surface area contributed by atoms with E-state index in [1.807, 2.05) is 24.3 Å². The van der Waals surface area contributed by atoms with Crippen molar-refractivity contribution in [3.63, 3.8) is 0 Å². The third-order valence-electron chi connectivity index (χ3n) is 4.54. The van der Waals surface area contributed by atoms with Gasteiger partial charge in [0.1, 0.15) is 5.75 Å². The lowest BCUT2D eigenvalue weighted by Gasteiger charge is -2.22. The van der Waals surface area contributed by atoms with Crippen molar-refractivity contribution in [1.29, 1.82) is 0 Å². The van der Waals surface area contributed by atoms with E-state index in [-0.39, 0.29) is 6.54 Å². The second-order valence-corrected chi connectivity index (χ2v) is 6.18. The molecule has 5 heteroatoms. The number of benzene rings is 1. The largest absolute Gasteiger partial charge is 0.497 e. The molecule has 1 heterocycles.